The smallest absolute Gasteiger partial charge is 0.120 e. The molecule has 0 aromatic heterocycles. The summed E-state index contributed by atoms with van der Waals surface area (Å²) in [5.74, 6) is 1.05. The Bertz CT molecular complexity index is 424. The van der Waals surface area contributed by atoms with Gasteiger partial charge in [0.25, 0.3) is 0 Å². The molecule has 20 heavy (non-hydrogen) atoms. The molecule has 6 heteroatoms. The molecule has 0 aliphatic carbocycles. The lowest BCUT2D eigenvalue weighted by molar-refractivity contribution is 0.200. The van der Waals surface area contributed by atoms with Crippen LogP contribution in [0.25, 0.3) is 0 Å². The predicted octanol–water partition coefficient (Wildman–Crippen LogP) is 2.38. The van der Waals surface area contributed by atoms with E-state index in [4.69, 9.17) is 4.74 Å². The molecule has 2 rings (SSSR count). The molecule has 1 aliphatic rings. The van der Waals surface area contributed by atoms with E-state index in [2.05, 4.69) is 16.8 Å². The van der Waals surface area contributed by atoms with Crippen LogP contribution in [-0.2, 0) is 0 Å². The summed E-state index contributed by atoms with van der Waals surface area (Å²) in [5, 5.41) is 13.3. The fourth-order valence-corrected chi connectivity index (χ4v) is 2.33. The molecule has 0 radical (unpaired) electrons. The number of rotatable bonds is 4. The first-order valence-corrected chi connectivity index (χ1v) is 6.20. The number of methoxy groups -OCH3 is 1. The number of hydrogen-bond donors (Lipinski definition) is 2. The largest absolute Gasteiger partial charge is 0.508 e. The summed E-state index contributed by atoms with van der Waals surface area (Å²) in [6.45, 7) is 7.73. The van der Waals surface area contributed by atoms with Gasteiger partial charge in [-0.1, -0.05) is 6.08 Å². The molecule has 1 aliphatic heterocycles. The van der Waals surface area contributed by atoms with E-state index in [0.29, 0.717) is 5.75 Å². The van der Waals surface area contributed by atoms with Gasteiger partial charge in [0.2, 0.25) is 0 Å². The second-order valence-corrected chi connectivity index (χ2v) is 4.39. The van der Waals surface area contributed by atoms with Gasteiger partial charge in [0.05, 0.1) is 13.2 Å². The number of phenolic OH excluding ortho intramolecular Hbond substituents is 1. The van der Waals surface area contributed by atoms with Crippen LogP contribution in [0, 0.1) is 0 Å². The molecule has 1 atom stereocenters. The van der Waals surface area contributed by atoms with Gasteiger partial charge in [-0.3, -0.25) is 4.90 Å². The molecule has 1 saturated heterocycles. The van der Waals surface area contributed by atoms with Crippen LogP contribution in [0.1, 0.15) is 11.6 Å². The third-order valence-corrected chi connectivity index (χ3v) is 3.32. The van der Waals surface area contributed by atoms with Crippen molar-refractivity contribution in [1.29, 1.82) is 0 Å². The van der Waals surface area contributed by atoms with Crippen molar-refractivity contribution in [2.75, 3.05) is 33.3 Å². The van der Waals surface area contributed by atoms with Gasteiger partial charge in [0.15, 0.2) is 0 Å². The van der Waals surface area contributed by atoms with Crippen molar-refractivity contribution in [3.63, 3.8) is 0 Å². The Morgan fingerprint density at radius 2 is 2.00 bits per heavy atom. The van der Waals surface area contributed by atoms with E-state index >= 15 is 0 Å². The lowest BCUT2D eigenvalue weighted by Crippen LogP contribution is -2.44. The molecular formula is C14H22Cl2N2O2. The lowest BCUT2D eigenvalue weighted by atomic mass is 10.0. The van der Waals surface area contributed by atoms with Crippen molar-refractivity contribution in [2.45, 2.75) is 6.04 Å². The number of hydrogen-bond acceptors (Lipinski definition) is 4. The quantitative estimate of drug-likeness (QED) is 0.836. The number of nitrogens with zero attached hydrogens (tertiary/aromatic N) is 1. The van der Waals surface area contributed by atoms with Crippen LogP contribution in [0.4, 0.5) is 0 Å². The van der Waals surface area contributed by atoms with E-state index in [9.17, 15) is 5.11 Å². The highest BCUT2D eigenvalue weighted by Crippen LogP contribution is 2.32. The molecule has 1 aromatic rings. The summed E-state index contributed by atoms with van der Waals surface area (Å²) in [6, 6.07) is 5.34. The highest BCUT2D eigenvalue weighted by Gasteiger charge is 2.22. The number of benzene rings is 1. The SMILES string of the molecule is C=C[C@@H](c1cc(OC)ccc1O)N1CCNCC1.Cl.Cl. The van der Waals surface area contributed by atoms with Crippen LogP contribution < -0.4 is 10.1 Å². The molecule has 1 aromatic carbocycles. The van der Waals surface area contributed by atoms with E-state index in [-0.39, 0.29) is 30.9 Å². The van der Waals surface area contributed by atoms with E-state index < -0.39 is 0 Å². The predicted molar refractivity (Wildman–Crippen MR) is 86.5 cm³/mol. The molecule has 0 unspecified atom stereocenters. The van der Waals surface area contributed by atoms with Crippen LogP contribution in [0.5, 0.6) is 11.5 Å². The van der Waals surface area contributed by atoms with E-state index in [1.54, 1.807) is 19.2 Å². The van der Waals surface area contributed by atoms with Crippen LogP contribution >= 0.6 is 24.8 Å². The first-order chi connectivity index (χ1) is 8.76. The average Bonchev–Trinajstić information content (AvgIpc) is 2.43. The summed E-state index contributed by atoms with van der Waals surface area (Å²) in [4.78, 5) is 2.30. The monoisotopic (exact) mass is 320 g/mol. The van der Waals surface area contributed by atoms with Gasteiger partial charge >= 0.3 is 0 Å². The van der Waals surface area contributed by atoms with E-state index in [1.807, 2.05) is 12.1 Å². The maximum atomic E-state index is 10.0. The zero-order valence-corrected chi connectivity index (χ0v) is 13.2. The summed E-state index contributed by atoms with van der Waals surface area (Å²) in [5.41, 5.74) is 0.853. The Hall–Kier alpha value is -0.940. The highest BCUT2D eigenvalue weighted by atomic mass is 35.5. The molecule has 4 nitrogen and oxygen atoms in total. The minimum absolute atomic E-state index is 0. The Morgan fingerprint density at radius 3 is 2.55 bits per heavy atom. The second-order valence-electron chi connectivity index (χ2n) is 4.39. The summed E-state index contributed by atoms with van der Waals surface area (Å²) < 4.78 is 5.22. The van der Waals surface area contributed by atoms with Gasteiger partial charge in [0, 0.05) is 31.7 Å². The molecule has 0 bridgehead atoms. The summed E-state index contributed by atoms with van der Waals surface area (Å²) >= 11 is 0. The van der Waals surface area contributed by atoms with Crippen LogP contribution in [0.15, 0.2) is 30.9 Å². The maximum absolute atomic E-state index is 10.0. The van der Waals surface area contributed by atoms with E-state index in [0.717, 1.165) is 37.5 Å². The molecule has 1 heterocycles. The average molecular weight is 321 g/mol. The fraction of sp³-hybridized carbons (Fsp3) is 0.429. The zero-order chi connectivity index (χ0) is 13.0. The first-order valence-electron chi connectivity index (χ1n) is 6.20. The van der Waals surface area contributed by atoms with Crippen LogP contribution in [-0.4, -0.2) is 43.3 Å². The maximum Gasteiger partial charge on any atom is 0.120 e. The van der Waals surface area contributed by atoms with Gasteiger partial charge in [0.1, 0.15) is 11.5 Å². The Balaban J connectivity index is 0.00000180. The van der Waals surface area contributed by atoms with Crippen LogP contribution in [0.2, 0.25) is 0 Å². The van der Waals surface area contributed by atoms with Crippen molar-refractivity contribution >= 4 is 24.8 Å². The molecule has 1 fully saturated rings. The molecule has 0 amide bonds. The number of halogens is 2. The highest BCUT2D eigenvalue weighted by molar-refractivity contribution is 5.85. The van der Waals surface area contributed by atoms with Gasteiger partial charge in [-0.2, -0.15) is 0 Å². The molecule has 0 saturated carbocycles. The number of ether oxygens (including phenoxy) is 1. The van der Waals surface area contributed by atoms with Crippen LogP contribution in [0.3, 0.4) is 0 Å². The Kier molecular flexibility index (Phi) is 8.65. The Labute approximate surface area is 132 Å². The van der Waals surface area contributed by atoms with Gasteiger partial charge in [-0.25, -0.2) is 0 Å². The molecule has 114 valence electrons. The third-order valence-electron chi connectivity index (χ3n) is 3.32. The van der Waals surface area contributed by atoms with Crippen molar-refractivity contribution in [3.05, 3.63) is 36.4 Å². The van der Waals surface area contributed by atoms with Gasteiger partial charge < -0.3 is 15.2 Å². The van der Waals surface area contributed by atoms with Crippen molar-refractivity contribution in [3.8, 4) is 11.5 Å². The standard InChI is InChI=1S/C14H20N2O2.2ClH/c1-3-13(16-8-6-15-7-9-16)12-10-11(18-2)4-5-14(12)17;;/h3-5,10,13,15,17H,1,6-9H2,2H3;2*1H/t13-;;/m0../s1. The topological polar surface area (TPSA) is 44.7 Å². The Morgan fingerprint density at radius 1 is 1.35 bits per heavy atom. The fourth-order valence-electron chi connectivity index (χ4n) is 2.33. The van der Waals surface area contributed by atoms with E-state index in [1.165, 1.54) is 0 Å². The number of phenols is 1. The molecule has 0 spiro atoms. The van der Waals surface area contributed by atoms with Crippen molar-refractivity contribution in [1.82, 2.24) is 10.2 Å². The lowest BCUT2D eigenvalue weighted by Gasteiger charge is -2.33. The zero-order valence-electron chi connectivity index (χ0n) is 11.5. The summed E-state index contributed by atoms with van der Waals surface area (Å²) in [7, 11) is 1.63. The number of aromatic hydroxyl groups is 1. The first kappa shape index (κ1) is 19.1. The molecule has 2 N–H and O–H groups in total. The van der Waals surface area contributed by atoms with Gasteiger partial charge in [-0.05, 0) is 18.2 Å². The second kappa shape index (κ2) is 9.08. The minimum Gasteiger partial charge on any atom is -0.508 e. The van der Waals surface area contributed by atoms with Crippen molar-refractivity contribution < 1.29 is 9.84 Å². The van der Waals surface area contributed by atoms with Gasteiger partial charge in [-0.15, -0.1) is 31.4 Å². The third kappa shape index (κ3) is 4.28. The normalized spacial score (nSPS) is 16.4. The minimum atomic E-state index is 0. The molecular weight excluding hydrogens is 299 g/mol. The van der Waals surface area contributed by atoms with Crippen molar-refractivity contribution in [2.24, 2.45) is 0 Å². The number of piperazine rings is 1. The summed E-state index contributed by atoms with van der Waals surface area (Å²) in [6.07, 6.45) is 1.87. The number of nitrogens with one attached hydrogen (secondary N) is 1.